The van der Waals surface area contributed by atoms with Gasteiger partial charge in [-0.05, 0) is 19.3 Å². The third-order valence-electron chi connectivity index (χ3n) is 5.93. The molecule has 0 aromatic carbocycles. The fraction of sp³-hybridized carbons (Fsp3) is 0.923. The number of rotatable bonds is 24. The summed E-state index contributed by atoms with van der Waals surface area (Å²) in [6.07, 6.45) is 26.4. The molecule has 0 saturated carbocycles. The van der Waals surface area contributed by atoms with Crippen LogP contribution in [0.4, 0.5) is 0 Å². The summed E-state index contributed by atoms with van der Waals surface area (Å²) in [5.74, 6) is 0.0714. The summed E-state index contributed by atoms with van der Waals surface area (Å²) < 4.78 is 0. The van der Waals surface area contributed by atoms with E-state index in [-0.39, 0.29) is 11.8 Å². The fourth-order valence-electron chi connectivity index (χ4n) is 3.93. The maximum Gasteiger partial charge on any atom is 0.219 e. The molecule has 0 aromatic heterocycles. The Kier molecular flexibility index (Phi) is 23.4. The van der Waals surface area contributed by atoms with Gasteiger partial charge in [-0.25, -0.2) is 0 Å². The second-order valence-corrected chi connectivity index (χ2v) is 9.03. The highest BCUT2D eigenvalue weighted by atomic mass is 16.1. The van der Waals surface area contributed by atoms with Gasteiger partial charge in [0.2, 0.25) is 11.8 Å². The van der Waals surface area contributed by atoms with E-state index in [4.69, 9.17) is 5.73 Å². The molecule has 4 heteroatoms. The number of carbonyl (C=O) groups excluding carboxylic acids is 2. The molecule has 0 heterocycles. The van der Waals surface area contributed by atoms with Gasteiger partial charge in [0.1, 0.15) is 0 Å². The lowest BCUT2D eigenvalue weighted by molar-refractivity contribution is -0.121. The maximum atomic E-state index is 11.9. The monoisotopic (exact) mass is 424 g/mol. The largest absolute Gasteiger partial charge is 0.370 e. The third kappa shape index (κ3) is 25.0. The number of hydrogen-bond donors (Lipinski definition) is 2. The Labute approximate surface area is 187 Å². The number of amides is 2. The smallest absolute Gasteiger partial charge is 0.219 e. The Morgan fingerprint density at radius 3 is 1.33 bits per heavy atom. The summed E-state index contributed by atoms with van der Waals surface area (Å²) in [5, 5.41) is 3.08. The molecule has 0 bridgehead atoms. The summed E-state index contributed by atoms with van der Waals surface area (Å²) in [6.45, 7) is 3.11. The first kappa shape index (κ1) is 28.9. The van der Waals surface area contributed by atoms with E-state index in [1.807, 2.05) is 0 Å². The molecular weight excluding hydrogens is 372 g/mol. The number of nitrogens with one attached hydrogen (secondary N) is 1. The molecular formula is C26H52N2O2. The molecule has 0 unspecified atom stereocenters. The van der Waals surface area contributed by atoms with E-state index in [1.54, 1.807) is 0 Å². The molecule has 2 amide bonds. The predicted molar refractivity (Wildman–Crippen MR) is 129 cm³/mol. The van der Waals surface area contributed by atoms with Crippen molar-refractivity contribution in [3.05, 3.63) is 0 Å². The van der Waals surface area contributed by atoms with Crippen molar-refractivity contribution >= 4 is 11.8 Å². The quantitative estimate of drug-likeness (QED) is 0.161. The van der Waals surface area contributed by atoms with E-state index >= 15 is 0 Å². The van der Waals surface area contributed by atoms with Gasteiger partial charge in [0, 0.05) is 19.4 Å². The molecule has 0 aromatic rings. The highest BCUT2D eigenvalue weighted by Crippen LogP contribution is 2.12. The number of carbonyl (C=O) groups is 2. The molecule has 0 saturated heterocycles. The van der Waals surface area contributed by atoms with Gasteiger partial charge < -0.3 is 11.1 Å². The topological polar surface area (TPSA) is 72.2 Å². The van der Waals surface area contributed by atoms with Crippen LogP contribution in [0.25, 0.3) is 0 Å². The number of nitrogens with two attached hydrogens (primary N) is 1. The third-order valence-corrected chi connectivity index (χ3v) is 5.93. The summed E-state index contributed by atoms with van der Waals surface area (Å²) in [4.78, 5) is 22.5. The molecule has 4 nitrogen and oxygen atoms in total. The van der Waals surface area contributed by atoms with Crippen molar-refractivity contribution in [2.24, 2.45) is 5.73 Å². The van der Waals surface area contributed by atoms with Crippen molar-refractivity contribution in [3.63, 3.8) is 0 Å². The van der Waals surface area contributed by atoms with Crippen molar-refractivity contribution in [2.75, 3.05) is 6.54 Å². The average molecular weight is 425 g/mol. The second-order valence-electron chi connectivity index (χ2n) is 9.03. The van der Waals surface area contributed by atoms with Crippen molar-refractivity contribution in [2.45, 2.75) is 148 Å². The van der Waals surface area contributed by atoms with Crippen LogP contribution in [0.3, 0.4) is 0 Å². The van der Waals surface area contributed by atoms with Crippen LogP contribution in [0.2, 0.25) is 0 Å². The van der Waals surface area contributed by atoms with E-state index in [0.29, 0.717) is 12.8 Å². The molecule has 0 aliphatic carbocycles. The predicted octanol–water partition coefficient (Wildman–Crippen LogP) is 7.19. The standard InChI is InChI=1S/C26H52N2O2/c1-2-3-4-5-6-10-14-17-20-23-26(30)28-24-21-18-15-12-9-7-8-11-13-16-19-22-25(27)29/h2-24H2,1H3,(H2,27,29)(H,28,30). The van der Waals surface area contributed by atoms with Crippen LogP contribution in [-0.4, -0.2) is 18.4 Å². The van der Waals surface area contributed by atoms with Crippen molar-refractivity contribution in [3.8, 4) is 0 Å². The first-order valence-corrected chi connectivity index (χ1v) is 13.2. The van der Waals surface area contributed by atoms with Crippen molar-refractivity contribution in [1.82, 2.24) is 5.32 Å². The molecule has 3 N–H and O–H groups in total. The lowest BCUT2D eigenvalue weighted by Crippen LogP contribution is -2.23. The summed E-state index contributed by atoms with van der Waals surface area (Å²) in [6, 6.07) is 0. The maximum absolute atomic E-state index is 11.9. The molecule has 0 aliphatic heterocycles. The zero-order chi connectivity index (χ0) is 22.1. The van der Waals surface area contributed by atoms with Gasteiger partial charge in [-0.1, -0.05) is 116 Å². The molecule has 0 fully saturated rings. The van der Waals surface area contributed by atoms with Gasteiger partial charge in [-0.2, -0.15) is 0 Å². The fourth-order valence-corrected chi connectivity index (χ4v) is 3.93. The summed E-state index contributed by atoms with van der Waals surface area (Å²) >= 11 is 0. The van der Waals surface area contributed by atoms with Gasteiger partial charge >= 0.3 is 0 Å². The van der Waals surface area contributed by atoms with E-state index in [9.17, 15) is 9.59 Å². The minimum absolute atomic E-state index is 0.173. The molecule has 0 spiro atoms. The van der Waals surface area contributed by atoms with Crippen LogP contribution in [0.15, 0.2) is 0 Å². The average Bonchev–Trinajstić information content (AvgIpc) is 2.72. The van der Waals surface area contributed by atoms with Gasteiger partial charge in [0.05, 0.1) is 0 Å². The number of hydrogen-bond acceptors (Lipinski definition) is 2. The highest BCUT2D eigenvalue weighted by Gasteiger charge is 2.01. The second kappa shape index (κ2) is 24.2. The number of primary amides is 1. The first-order chi connectivity index (χ1) is 14.7. The Bertz CT molecular complexity index is 385. The molecule has 0 rings (SSSR count). The van der Waals surface area contributed by atoms with Crippen LogP contribution < -0.4 is 11.1 Å². The lowest BCUT2D eigenvalue weighted by Gasteiger charge is -2.06. The van der Waals surface area contributed by atoms with Crippen LogP contribution in [-0.2, 0) is 9.59 Å². The minimum Gasteiger partial charge on any atom is -0.370 e. The van der Waals surface area contributed by atoms with E-state index in [1.165, 1.54) is 103 Å². The Hall–Kier alpha value is -1.06. The van der Waals surface area contributed by atoms with Gasteiger partial charge in [0.15, 0.2) is 0 Å². The normalized spacial score (nSPS) is 11.0. The molecule has 0 aliphatic rings. The van der Waals surface area contributed by atoms with Gasteiger partial charge in [-0.15, -0.1) is 0 Å². The lowest BCUT2D eigenvalue weighted by atomic mass is 10.0. The van der Waals surface area contributed by atoms with Crippen LogP contribution in [0.1, 0.15) is 148 Å². The Morgan fingerprint density at radius 2 is 0.900 bits per heavy atom. The van der Waals surface area contributed by atoms with E-state index in [2.05, 4.69) is 12.2 Å². The van der Waals surface area contributed by atoms with E-state index < -0.39 is 0 Å². The first-order valence-electron chi connectivity index (χ1n) is 13.2. The van der Waals surface area contributed by atoms with Crippen LogP contribution in [0.5, 0.6) is 0 Å². The zero-order valence-corrected chi connectivity index (χ0v) is 20.2. The Balaban J connectivity index is 3.15. The number of unbranched alkanes of at least 4 members (excludes halogenated alkanes) is 18. The van der Waals surface area contributed by atoms with Gasteiger partial charge in [-0.3, -0.25) is 9.59 Å². The molecule has 0 atom stereocenters. The van der Waals surface area contributed by atoms with Crippen LogP contribution >= 0.6 is 0 Å². The summed E-state index contributed by atoms with van der Waals surface area (Å²) in [7, 11) is 0. The van der Waals surface area contributed by atoms with Crippen molar-refractivity contribution < 1.29 is 9.59 Å². The zero-order valence-electron chi connectivity index (χ0n) is 20.2. The van der Waals surface area contributed by atoms with Crippen molar-refractivity contribution in [1.29, 1.82) is 0 Å². The van der Waals surface area contributed by atoms with Gasteiger partial charge in [0.25, 0.3) is 0 Å². The summed E-state index contributed by atoms with van der Waals surface area (Å²) in [5.41, 5.74) is 5.14. The molecule has 178 valence electrons. The van der Waals surface area contributed by atoms with E-state index in [0.717, 1.165) is 32.2 Å². The molecule has 30 heavy (non-hydrogen) atoms. The Morgan fingerprint density at radius 1 is 0.533 bits per heavy atom. The highest BCUT2D eigenvalue weighted by molar-refractivity contribution is 5.75. The van der Waals surface area contributed by atoms with Crippen LogP contribution in [0, 0.1) is 0 Å². The SMILES string of the molecule is CCCCCCCCCCCC(=O)NCCCCCCCCCCCCCC(N)=O. The molecule has 0 radical (unpaired) electrons. The minimum atomic E-state index is -0.173.